The Morgan fingerprint density at radius 2 is 2.00 bits per heavy atom. The van der Waals surface area contributed by atoms with Gasteiger partial charge in [0.15, 0.2) is 0 Å². The number of para-hydroxylation sites is 1. The zero-order chi connectivity index (χ0) is 12.7. The van der Waals surface area contributed by atoms with Gasteiger partial charge in [-0.25, -0.2) is 5.84 Å². The second-order valence-corrected chi connectivity index (χ2v) is 5.78. The Kier molecular flexibility index (Phi) is 5.31. The molecule has 0 unspecified atom stereocenters. The van der Waals surface area contributed by atoms with Crippen LogP contribution in [0.1, 0.15) is 13.8 Å². The first-order valence-electron chi connectivity index (χ1n) is 5.46. The lowest BCUT2D eigenvalue weighted by Gasteiger charge is -2.19. The molecule has 1 aromatic rings. The van der Waals surface area contributed by atoms with Gasteiger partial charge in [0.2, 0.25) is 5.96 Å². The molecule has 1 aromatic carbocycles. The maximum Gasteiger partial charge on any atom is 0.210 e. The zero-order valence-electron chi connectivity index (χ0n) is 10.5. The fourth-order valence-corrected chi connectivity index (χ4v) is 1.31. The minimum absolute atomic E-state index is 0.112. The van der Waals surface area contributed by atoms with E-state index in [9.17, 15) is 0 Å². The maximum atomic E-state index is 5.44. The second-order valence-electron chi connectivity index (χ2n) is 4.26. The number of benzene rings is 1. The topological polar surface area (TPSA) is 62.4 Å². The van der Waals surface area contributed by atoms with Gasteiger partial charge in [0.05, 0.1) is 6.54 Å². The van der Waals surface area contributed by atoms with Crippen molar-refractivity contribution in [1.29, 1.82) is 0 Å². The lowest BCUT2D eigenvalue weighted by atomic mass is 10.2. The number of nitrogens with two attached hydrogens (primary N) is 1. The van der Waals surface area contributed by atoms with E-state index in [1.807, 2.05) is 30.3 Å². The smallest absolute Gasteiger partial charge is 0.210 e. The van der Waals surface area contributed by atoms with Crippen molar-refractivity contribution in [3.63, 3.8) is 0 Å². The van der Waals surface area contributed by atoms with Crippen LogP contribution in [0.4, 0.5) is 5.69 Å². The summed E-state index contributed by atoms with van der Waals surface area (Å²) in [5, 5.41) is 3.13. The van der Waals surface area contributed by atoms with E-state index in [0.29, 0.717) is 12.5 Å². The molecule has 0 saturated carbocycles. The highest BCUT2D eigenvalue weighted by Crippen LogP contribution is 2.21. The number of nitrogens with zero attached hydrogens (tertiary/aromatic N) is 1. The molecule has 0 heterocycles. The highest BCUT2D eigenvalue weighted by molar-refractivity contribution is 7.99. The molecule has 5 heteroatoms. The summed E-state index contributed by atoms with van der Waals surface area (Å²) in [6, 6.07) is 9.82. The molecule has 0 atom stereocenters. The van der Waals surface area contributed by atoms with Crippen molar-refractivity contribution in [3.8, 4) is 0 Å². The molecule has 4 nitrogen and oxygen atoms in total. The molecule has 0 radical (unpaired) electrons. The van der Waals surface area contributed by atoms with Gasteiger partial charge >= 0.3 is 0 Å². The molecule has 0 spiro atoms. The van der Waals surface area contributed by atoms with E-state index in [2.05, 4.69) is 35.8 Å². The van der Waals surface area contributed by atoms with E-state index in [1.54, 1.807) is 11.8 Å². The molecule has 0 fully saturated rings. The number of rotatable bonds is 4. The van der Waals surface area contributed by atoms with E-state index >= 15 is 0 Å². The van der Waals surface area contributed by atoms with Crippen LogP contribution in [0.25, 0.3) is 0 Å². The summed E-state index contributed by atoms with van der Waals surface area (Å²) in [7, 11) is 0. The highest BCUT2D eigenvalue weighted by Gasteiger charge is 2.15. The van der Waals surface area contributed by atoms with Gasteiger partial charge in [0, 0.05) is 10.4 Å². The van der Waals surface area contributed by atoms with Crippen LogP contribution in [0.3, 0.4) is 0 Å². The van der Waals surface area contributed by atoms with Gasteiger partial charge in [-0.3, -0.25) is 10.4 Å². The van der Waals surface area contributed by atoms with Crippen LogP contribution in [0.15, 0.2) is 35.3 Å². The molecule has 1 rings (SSSR count). The number of hydrogen-bond donors (Lipinski definition) is 3. The second kappa shape index (κ2) is 6.51. The van der Waals surface area contributed by atoms with Gasteiger partial charge in [-0.2, -0.15) is 11.8 Å². The number of thioether (sulfide) groups is 1. The van der Waals surface area contributed by atoms with Crippen LogP contribution in [-0.2, 0) is 0 Å². The summed E-state index contributed by atoms with van der Waals surface area (Å²) < 4.78 is 0.112. The van der Waals surface area contributed by atoms with Crippen LogP contribution in [-0.4, -0.2) is 23.5 Å². The molecular weight excluding hydrogens is 232 g/mol. The Morgan fingerprint density at radius 3 is 2.53 bits per heavy atom. The molecule has 0 aliphatic carbocycles. The monoisotopic (exact) mass is 252 g/mol. The lowest BCUT2D eigenvalue weighted by Crippen LogP contribution is -2.37. The molecule has 17 heavy (non-hydrogen) atoms. The van der Waals surface area contributed by atoms with Crippen LogP contribution < -0.4 is 16.6 Å². The molecule has 94 valence electrons. The quantitative estimate of drug-likeness (QED) is 0.332. The van der Waals surface area contributed by atoms with Crippen LogP contribution in [0.2, 0.25) is 0 Å². The summed E-state index contributed by atoms with van der Waals surface area (Å²) >= 11 is 1.78. The molecule has 0 bridgehead atoms. The normalized spacial score (nSPS) is 12.4. The largest absolute Gasteiger partial charge is 0.325 e. The van der Waals surface area contributed by atoms with Crippen molar-refractivity contribution in [1.82, 2.24) is 5.43 Å². The molecule has 0 amide bonds. The average molecular weight is 252 g/mol. The Balaban J connectivity index is 2.63. The number of hydrogen-bond acceptors (Lipinski definition) is 3. The SMILES string of the molecule is CSC(C)(C)CN=C(NN)Nc1ccccc1. The molecule has 0 saturated heterocycles. The van der Waals surface area contributed by atoms with Crippen molar-refractivity contribution in [2.24, 2.45) is 10.8 Å². The lowest BCUT2D eigenvalue weighted by molar-refractivity contribution is 0.722. The first-order chi connectivity index (χ1) is 8.07. The van der Waals surface area contributed by atoms with Gasteiger partial charge in [-0.15, -0.1) is 0 Å². The number of anilines is 1. The predicted octanol–water partition coefficient (Wildman–Crippen LogP) is 2.06. The minimum atomic E-state index is 0.112. The Hall–Kier alpha value is -1.20. The first-order valence-corrected chi connectivity index (χ1v) is 6.68. The van der Waals surface area contributed by atoms with Crippen LogP contribution >= 0.6 is 11.8 Å². The van der Waals surface area contributed by atoms with E-state index in [0.717, 1.165) is 5.69 Å². The Morgan fingerprint density at radius 1 is 1.35 bits per heavy atom. The molecule has 0 aromatic heterocycles. The highest BCUT2D eigenvalue weighted by atomic mass is 32.2. The maximum absolute atomic E-state index is 5.44. The molecule has 0 aliphatic rings. The third-order valence-corrected chi connectivity index (χ3v) is 3.58. The van der Waals surface area contributed by atoms with E-state index in [1.165, 1.54) is 0 Å². The summed E-state index contributed by atoms with van der Waals surface area (Å²) in [6.07, 6.45) is 2.08. The van der Waals surface area contributed by atoms with Gasteiger partial charge in [-0.1, -0.05) is 18.2 Å². The Labute approximate surface area is 107 Å². The van der Waals surface area contributed by atoms with Crippen molar-refractivity contribution < 1.29 is 0 Å². The Bertz CT molecular complexity index is 362. The van der Waals surface area contributed by atoms with E-state index in [-0.39, 0.29) is 4.75 Å². The number of hydrazine groups is 1. The number of nitrogens with one attached hydrogen (secondary N) is 2. The van der Waals surface area contributed by atoms with Gasteiger partial charge in [0.1, 0.15) is 0 Å². The fraction of sp³-hybridized carbons (Fsp3) is 0.417. The number of aliphatic imine (C=N–C) groups is 1. The third-order valence-electron chi connectivity index (χ3n) is 2.34. The summed E-state index contributed by atoms with van der Waals surface area (Å²) in [5.74, 6) is 6.02. The predicted molar refractivity (Wildman–Crippen MR) is 77.3 cm³/mol. The van der Waals surface area contributed by atoms with Crippen LogP contribution in [0, 0.1) is 0 Å². The molecule has 0 aliphatic heterocycles. The van der Waals surface area contributed by atoms with Gasteiger partial charge < -0.3 is 5.32 Å². The summed E-state index contributed by atoms with van der Waals surface area (Å²) in [6.45, 7) is 5.00. The average Bonchev–Trinajstić information content (AvgIpc) is 2.35. The third kappa shape index (κ3) is 5.10. The van der Waals surface area contributed by atoms with E-state index < -0.39 is 0 Å². The standard InChI is InChI=1S/C12H20N4S/c1-12(2,17-3)9-14-11(16-13)15-10-7-5-4-6-8-10/h4-8H,9,13H2,1-3H3,(H2,14,15,16). The summed E-state index contributed by atoms with van der Waals surface area (Å²) in [5.41, 5.74) is 3.54. The number of guanidine groups is 1. The minimum Gasteiger partial charge on any atom is -0.325 e. The molecular formula is C12H20N4S. The van der Waals surface area contributed by atoms with E-state index in [4.69, 9.17) is 5.84 Å². The molecule has 4 N–H and O–H groups in total. The van der Waals surface area contributed by atoms with Crippen molar-refractivity contribution in [2.75, 3.05) is 18.1 Å². The van der Waals surface area contributed by atoms with Gasteiger partial charge in [-0.05, 0) is 32.2 Å². The van der Waals surface area contributed by atoms with Crippen LogP contribution in [0.5, 0.6) is 0 Å². The fourth-order valence-electron chi connectivity index (χ4n) is 1.11. The van der Waals surface area contributed by atoms with Crippen molar-refractivity contribution in [3.05, 3.63) is 30.3 Å². The zero-order valence-corrected chi connectivity index (χ0v) is 11.3. The summed E-state index contributed by atoms with van der Waals surface area (Å²) in [4.78, 5) is 4.43. The van der Waals surface area contributed by atoms with Crippen molar-refractivity contribution in [2.45, 2.75) is 18.6 Å². The van der Waals surface area contributed by atoms with Gasteiger partial charge in [0.25, 0.3) is 0 Å². The first kappa shape index (κ1) is 13.9. The van der Waals surface area contributed by atoms with Crippen molar-refractivity contribution >= 4 is 23.4 Å².